The van der Waals surface area contributed by atoms with Gasteiger partial charge in [-0.3, -0.25) is 0 Å². The molecule has 0 aliphatic carbocycles. The molecule has 1 aliphatic heterocycles. The number of fused-ring (bicyclic) bond motifs is 1. The Kier molecular flexibility index (Phi) is 2.17. The molecule has 2 rings (SSSR count). The molecule has 0 fully saturated rings. The van der Waals surface area contributed by atoms with E-state index in [2.05, 4.69) is 5.32 Å². The van der Waals surface area contributed by atoms with Gasteiger partial charge in [0.2, 0.25) is 0 Å². The van der Waals surface area contributed by atoms with E-state index >= 15 is 0 Å². The van der Waals surface area contributed by atoms with Gasteiger partial charge in [0.15, 0.2) is 0 Å². The van der Waals surface area contributed by atoms with Crippen LogP contribution < -0.4 is 5.32 Å². The Morgan fingerprint density at radius 3 is 2.47 bits per heavy atom. The molecule has 0 aromatic heterocycles. The molecule has 1 N–H and O–H groups in total. The van der Waals surface area contributed by atoms with Crippen molar-refractivity contribution in [2.24, 2.45) is 0 Å². The van der Waals surface area contributed by atoms with Gasteiger partial charge < -0.3 is 5.32 Å². The highest BCUT2D eigenvalue weighted by atomic mass is 19.4. The highest BCUT2D eigenvalue weighted by molar-refractivity contribution is 5.64. The highest BCUT2D eigenvalue weighted by Crippen LogP contribution is 2.43. The second kappa shape index (κ2) is 3.15. The molecule has 1 heterocycles. The van der Waals surface area contributed by atoms with Crippen LogP contribution in [0.25, 0.3) is 0 Å². The minimum atomic E-state index is -4.28. The molecule has 1 nitrogen and oxygen atoms in total. The van der Waals surface area contributed by atoms with Gasteiger partial charge in [-0.2, -0.15) is 13.2 Å². The first-order chi connectivity index (χ1) is 6.91. The first-order valence-electron chi connectivity index (χ1n) is 4.88. The Balaban J connectivity index is 2.55. The van der Waals surface area contributed by atoms with Crippen molar-refractivity contribution in [1.29, 1.82) is 0 Å². The zero-order valence-electron chi connectivity index (χ0n) is 8.52. The topological polar surface area (TPSA) is 12.0 Å². The second-order valence-electron chi connectivity index (χ2n) is 3.99. The number of nitrogens with one attached hydrogen (secondary N) is 1. The van der Waals surface area contributed by atoms with Crippen molar-refractivity contribution < 1.29 is 13.2 Å². The summed E-state index contributed by atoms with van der Waals surface area (Å²) in [4.78, 5) is 0. The maximum atomic E-state index is 12.7. The van der Waals surface area contributed by atoms with E-state index in [-0.39, 0.29) is 17.6 Å². The van der Waals surface area contributed by atoms with E-state index in [1.807, 2.05) is 13.8 Å². The molecule has 1 aromatic rings. The number of rotatable bonds is 0. The van der Waals surface area contributed by atoms with Crippen LogP contribution in [0.2, 0.25) is 0 Å². The third-order valence-electron chi connectivity index (χ3n) is 3.01. The van der Waals surface area contributed by atoms with Crippen LogP contribution in [-0.2, 0) is 6.18 Å². The molecule has 1 aromatic carbocycles. The van der Waals surface area contributed by atoms with Crippen LogP contribution in [0, 0.1) is 0 Å². The van der Waals surface area contributed by atoms with Crippen LogP contribution >= 0.6 is 0 Å². The minimum Gasteiger partial charge on any atom is -0.381 e. The summed E-state index contributed by atoms with van der Waals surface area (Å²) in [5.41, 5.74) is 0.457. The first-order valence-corrected chi connectivity index (χ1v) is 4.88. The van der Waals surface area contributed by atoms with Crippen molar-refractivity contribution in [1.82, 2.24) is 0 Å². The summed E-state index contributed by atoms with van der Waals surface area (Å²) in [6.45, 7) is 3.83. The monoisotopic (exact) mass is 215 g/mol. The largest absolute Gasteiger partial charge is 0.418 e. The SMILES string of the molecule is CC1Nc2c(cccc2C(F)(F)F)C1C. The van der Waals surface area contributed by atoms with E-state index in [4.69, 9.17) is 0 Å². The van der Waals surface area contributed by atoms with Crippen LogP contribution in [0.15, 0.2) is 18.2 Å². The molecule has 0 saturated heterocycles. The van der Waals surface area contributed by atoms with Crippen molar-refractivity contribution in [3.8, 4) is 0 Å². The molecule has 0 radical (unpaired) electrons. The smallest absolute Gasteiger partial charge is 0.381 e. The van der Waals surface area contributed by atoms with E-state index < -0.39 is 11.7 Å². The number of hydrogen-bond donors (Lipinski definition) is 1. The minimum absolute atomic E-state index is 0.0588. The van der Waals surface area contributed by atoms with Gasteiger partial charge in [-0.15, -0.1) is 0 Å². The molecular weight excluding hydrogens is 203 g/mol. The molecule has 2 unspecified atom stereocenters. The first kappa shape index (κ1) is 10.3. The average Bonchev–Trinajstić information content (AvgIpc) is 2.41. The number of para-hydroxylation sites is 1. The quantitative estimate of drug-likeness (QED) is 0.696. The van der Waals surface area contributed by atoms with Gasteiger partial charge in [-0.05, 0) is 18.6 Å². The van der Waals surface area contributed by atoms with Crippen molar-refractivity contribution in [3.63, 3.8) is 0 Å². The van der Waals surface area contributed by atoms with Crippen LogP contribution in [0.1, 0.15) is 30.9 Å². The molecule has 0 amide bonds. The summed E-state index contributed by atoms with van der Waals surface area (Å²) in [5.74, 6) is 0.127. The zero-order valence-corrected chi connectivity index (χ0v) is 8.52. The summed E-state index contributed by atoms with van der Waals surface area (Å²) in [5, 5.41) is 2.90. The molecule has 0 bridgehead atoms. The van der Waals surface area contributed by atoms with Gasteiger partial charge in [0.1, 0.15) is 0 Å². The van der Waals surface area contributed by atoms with Gasteiger partial charge in [-0.25, -0.2) is 0 Å². The molecule has 0 saturated carbocycles. The van der Waals surface area contributed by atoms with E-state index in [0.717, 1.165) is 11.6 Å². The third kappa shape index (κ3) is 1.58. The summed E-state index contributed by atoms with van der Waals surface area (Å²) in [6, 6.07) is 4.41. The van der Waals surface area contributed by atoms with Crippen LogP contribution in [0.3, 0.4) is 0 Å². The number of alkyl halides is 3. The van der Waals surface area contributed by atoms with Gasteiger partial charge in [0.25, 0.3) is 0 Å². The number of benzene rings is 1. The molecule has 0 spiro atoms. The Labute approximate surface area is 86.3 Å². The predicted octanol–water partition coefficient (Wildman–Crippen LogP) is 3.62. The van der Waals surface area contributed by atoms with E-state index in [1.54, 1.807) is 6.07 Å². The Morgan fingerprint density at radius 1 is 1.20 bits per heavy atom. The summed E-state index contributed by atoms with van der Waals surface area (Å²) in [7, 11) is 0. The molecular formula is C11H12F3N. The van der Waals surface area contributed by atoms with Crippen molar-refractivity contribution in [3.05, 3.63) is 29.3 Å². The average molecular weight is 215 g/mol. The molecule has 2 atom stereocenters. The lowest BCUT2D eigenvalue weighted by Crippen LogP contribution is -2.14. The Morgan fingerprint density at radius 2 is 1.87 bits per heavy atom. The van der Waals surface area contributed by atoms with E-state index in [1.165, 1.54) is 6.07 Å². The van der Waals surface area contributed by atoms with Crippen molar-refractivity contribution in [2.75, 3.05) is 5.32 Å². The summed E-state index contributed by atoms with van der Waals surface area (Å²) in [6.07, 6.45) is -4.28. The second-order valence-corrected chi connectivity index (χ2v) is 3.99. The number of halogens is 3. The number of hydrogen-bond acceptors (Lipinski definition) is 1. The van der Waals surface area contributed by atoms with Crippen LogP contribution in [0.4, 0.5) is 18.9 Å². The van der Waals surface area contributed by atoms with Crippen molar-refractivity contribution in [2.45, 2.75) is 32.0 Å². The normalized spacial score (nSPS) is 24.9. The zero-order chi connectivity index (χ0) is 11.2. The molecule has 4 heteroatoms. The Bertz CT molecular complexity index is 384. The third-order valence-corrected chi connectivity index (χ3v) is 3.01. The molecule has 15 heavy (non-hydrogen) atoms. The van der Waals surface area contributed by atoms with Gasteiger partial charge in [0.05, 0.1) is 11.3 Å². The maximum Gasteiger partial charge on any atom is 0.418 e. The van der Waals surface area contributed by atoms with Crippen LogP contribution in [-0.4, -0.2) is 6.04 Å². The maximum absolute atomic E-state index is 12.7. The lowest BCUT2D eigenvalue weighted by molar-refractivity contribution is -0.136. The Hall–Kier alpha value is -1.19. The molecule has 82 valence electrons. The fraction of sp³-hybridized carbons (Fsp3) is 0.455. The molecule has 1 aliphatic rings. The predicted molar refractivity (Wildman–Crippen MR) is 52.9 cm³/mol. The fourth-order valence-corrected chi connectivity index (χ4v) is 1.97. The lowest BCUT2D eigenvalue weighted by atomic mass is 9.97. The van der Waals surface area contributed by atoms with E-state index in [0.29, 0.717) is 0 Å². The van der Waals surface area contributed by atoms with Gasteiger partial charge >= 0.3 is 6.18 Å². The van der Waals surface area contributed by atoms with Crippen molar-refractivity contribution >= 4 is 5.69 Å². The lowest BCUT2D eigenvalue weighted by Gasteiger charge is -2.12. The summed E-state index contributed by atoms with van der Waals surface area (Å²) >= 11 is 0. The summed E-state index contributed by atoms with van der Waals surface area (Å²) < 4.78 is 38.0. The van der Waals surface area contributed by atoms with Crippen LogP contribution in [0.5, 0.6) is 0 Å². The highest BCUT2D eigenvalue weighted by Gasteiger charge is 2.38. The van der Waals surface area contributed by atoms with E-state index in [9.17, 15) is 13.2 Å². The fourth-order valence-electron chi connectivity index (χ4n) is 1.97. The number of anilines is 1. The van der Waals surface area contributed by atoms with Gasteiger partial charge in [-0.1, -0.05) is 19.1 Å². The standard InChI is InChI=1S/C11H12F3N/c1-6-7(2)15-10-8(6)4-3-5-9(10)11(12,13)14/h3-7,15H,1-2H3. The van der Waals surface area contributed by atoms with Gasteiger partial charge in [0, 0.05) is 12.0 Å².